The zero-order chi connectivity index (χ0) is 14.6. The molecule has 0 spiro atoms. The van der Waals surface area contributed by atoms with E-state index in [4.69, 9.17) is 0 Å². The largest absolute Gasteiger partial charge is 0.336 e. The lowest BCUT2D eigenvalue weighted by Crippen LogP contribution is -2.38. The molecule has 6 heteroatoms. The number of rotatable bonds is 5. The Kier molecular flexibility index (Phi) is 5.85. The molecule has 1 aromatic rings. The smallest absolute Gasteiger partial charge is 0.260 e. The molecular weight excluding hydrogens is 323 g/mol. The number of amides is 1. The maximum atomic E-state index is 13.6. The molecule has 0 saturated carbocycles. The summed E-state index contributed by atoms with van der Waals surface area (Å²) in [6, 6.07) is 0.828. The van der Waals surface area contributed by atoms with Gasteiger partial charge < -0.3 is 4.90 Å². The van der Waals surface area contributed by atoms with Gasteiger partial charge in [-0.15, -0.1) is 0 Å². The van der Waals surface area contributed by atoms with Gasteiger partial charge in [0.2, 0.25) is 0 Å². The van der Waals surface area contributed by atoms with Crippen LogP contribution in [0.1, 0.15) is 30.6 Å². The first-order valence-electron chi connectivity index (χ1n) is 5.90. The van der Waals surface area contributed by atoms with Gasteiger partial charge in [-0.3, -0.25) is 4.79 Å². The lowest BCUT2D eigenvalue weighted by atomic mass is 10.1. The topological polar surface area (TPSA) is 20.3 Å². The van der Waals surface area contributed by atoms with E-state index in [2.05, 4.69) is 15.9 Å². The van der Waals surface area contributed by atoms with Crippen molar-refractivity contribution < 1.29 is 18.0 Å². The molecule has 0 saturated heterocycles. The normalized spacial score (nSPS) is 10.9. The fraction of sp³-hybridized carbons (Fsp3) is 0.462. The fourth-order valence-corrected chi connectivity index (χ4v) is 1.97. The minimum Gasteiger partial charge on any atom is -0.336 e. The molecule has 2 nitrogen and oxygen atoms in total. The number of carbonyl (C=O) groups is 1. The van der Waals surface area contributed by atoms with Crippen LogP contribution < -0.4 is 0 Å². The van der Waals surface area contributed by atoms with Crippen molar-refractivity contribution in [1.29, 1.82) is 0 Å². The Hall–Kier alpha value is -1.04. The van der Waals surface area contributed by atoms with Crippen molar-refractivity contribution in [2.75, 3.05) is 11.9 Å². The summed E-state index contributed by atoms with van der Waals surface area (Å²) < 4.78 is 40.0. The van der Waals surface area contributed by atoms with Gasteiger partial charge in [-0.1, -0.05) is 15.9 Å². The molecule has 0 bridgehead atoms. The highest BCUT2D eigenvalue weighted by atomic mass is 79.9. The number of benzene rings is 1. The molecule has 0 aliphatic rings. The van der Waals surface area contributed by atoms with Crippen LogP contribution in [0.4, 0.5) is 13.2 Å². The van der Waals surface area contributed by atoms with Crippen LogP contribution in [-0.4, -0.2) is 28.7 Å². The summed E-state index contributed by atoms with van der Waals surface area (Å²) in [6.45, 7) is 3.88. The summed E-state index contributed by atoms with van der Waals surface area (Å²) in [7, 11) is 0. The molecule has 0 unspecified atom stereocenters. The average molecular weight is 338 g/mol. The first-order chi connectivity index (χ1) is 8.88. The van der Waals surface area contributed by atoms with Crippen LogP contribution in [0.3, 0.4) is 0 Å². The van der Waals surface area contributed by atoms with Crippen LogP contribution in [0.25, 0.3) is 0 Å². The van der Waals surface area contributed by atoms with Gasteiger partial charge in [0.25, 0.3) is 5.91 Å². The van der Waals surface area contributed by atoms with Gasteiger partial charge in [0.05, 0.1) is 0 Å². The maximum Gasteiger partial charge on any atom is 0.260 e. The van der Waals surface area contributed by atoms with Gasteiger partial charge in [-0.2, -0.15) is 0 Å². The number of nitrogens with zero attached hydrogens (tertiary/aromatic N) is 1. The van der Waals surface area contributed by atoms with Crippen LogP contribution in [-0.2, 0) is 0 Å². The Bertz CT molecular complexity index is 442. The fourth-order valence-electron chi connectivity index (χ4n) is 1.71. The minimum absolute atomic E-state index is 0.199. The van der Waals surface area contributed by atoms with Crippen molar-refractivity contribution >= 4 is 21.8 Å². The Morgan fingerprint density at radius 1 is 1.26 bits per heavy atom. The average Bonchev–Trinajstić information content (AvgIpc) is 2.27. The van der Waals surface area contributed by atoms with E-state index >= 15 is 0 Å². The predicted octanol–water partition coefficient (Wildman–Crippen LogP) is 3.74. The standard InChI is InChI=1S/C13H15BrF3NO/c1-8(2)18(5-3-4-14)13(19)12-10(16)6-9(15)7-11(12)17/h6-8H,3-5H2,1-2H3. The van der Waals surface area contributed by atoms with E-state index in [0.29, 0.717) is 30.4 Å². The van der Waals surface area contributed by atoms with Crippen LogP contribution >= 0.6 is 15.9 Å². The van der Waals surface area contributed by atoms with E-state index in [1.807, 2.05) is 0 Å². The molecule has 19 heavy (non-hydrogen) atoms. The molecule has 0 aromatic heterocycles. The molecular formula is C13H15BrF3NO. The summed E-state index contributed by atoms with van der Waals surface area (Å²) in [6.07, 6.45) is 0.661. The van der Waals surface area contributed by atoms with Crippen molar-refractivity contribution in [3.8, 4) is 0 Å². The van der Waals surface area contributed by atoms with Crippen molar-refractivity contribution in [2.24, 2.45) is 0 Å². The Morgan fingerprint density at radius 2 is 1.79 bits per heavy atom. The molecule has 0 N–H and O–H groups in total. The lowest BCUT2D eigenvalue weighted by molar-refractivity contribution is 0.0696. The molecule has 0 radical (unpaired) electrons. The minimum atomic E-state index is -1.17. The molecule has 106 valence electrons. The second kappa shape index (κ2) is 6.93. The van der Waals surface area contributed by atoms with E-state index in [1.165, 1.54) is 4.90 Å². The molecule has 0 aliphatic carbocycles. The first kappa shape index (κ1) is 16.0. The van der Waals surface area contributed by atoms with Crippen molar-refractivity contribution in [3.05, 3.63) is 35.1 Å². The van der Waals surface area contributed by atoms with Gasteiger partial charge in [-0.05, 0) is 20.3 Å². The predicted molar refractivity (Wildman–Crippen MR) is 70.9 cm³/mol. The third kappa shape index (κ3) is 3.96. The summed E-state index contributed by atoms with van der Waals surface area (Å²) in [4.78, 5) is 13.5. The van der Waals surface area contributed by atoms with Gasteiger partial charge in [0.1, 0.15) is 23.0 Å². The van der Waals surface area contributed by atoms with Crippen molar-refractivity contribution in [1.82, 2.24) is 4.90 Å². The Morgan fingerprint density at radius 3 is 2.21 bits per heavy atom. The zero-order valence-electron chi connectivity index (χ0n) is 10.7. The number of hydrogen-bond acceptors (Lipinski definition) is 1. The highest BCUT2D eigenvalue weighted by Gasteiger charge is 2.25. The summed E-state index contributed by atoms with van der Waals surface area (Å²) >= 11 is 3.24. The first-order valence-corrected chi connectivity index (χ1v) is 7.02. The molecule has 0 fully saturated rings. The number of alkyl halides is 1. The van der Waals surface area contributed by atoms with Crippen LogP contribution in [0.15, 0.2) is 12.1 Å². The van der Waals surface area contributed by atoms with Gasteiger partial charge >= 0.3 is 0 Å². The third-order valence-corrected chi connectivity index (χ3v) is 3.20. The Balaban J connectivity index is 3.09. The van der Waals surface area contributed by atoms with E-state index < -0.39 is 28.9 Å². The highest BCUT2D eigenvalue weighted by molar-refractivity contribution is 9.09. The van der Waals surface area contributed by atoms with Crippen molar-refractivity contribution in [3.63, 3.8) is 0 Å². The molecule has 1 amide bonds. The second-order valence-electron chi connectivity index (χ2n) is 4.38. The second-order valence-corrected chi connectivity index (χ2v) is 5.17. The van der Waals surface area contributed by atoms with Gasteiger partial charge in [0, 0.05) is 30.0 Å². The van der Waals surface area contributed by atoms with Crippen molar-refractivity contribution in [2.45, 2.75) is 26.3 Å². The quantitative estimate of drug-likeness (QED) is 0.749. The molecule has 0 heterocycles. The number of hydrogen-bond donors (Lipinski definition) is 0. The van der Waals surface area contributed by atoms with Gasteiger partial charge in [-0.25, -0.2) is 13.2 Å². The van der Waals surface area contributed by atoms with Gasteiger partial charge in [0.15, 0.2) is 0 Å². The molecule has 1 rings (SSSR count). The highest BCUT2D eigenvalue weighted by Crippen LogP contribution is 2.18. The summed E-state index contributed by atoms with van der Waals surface area (Å²) in [5, 5.41) is 0.678. The van der Waals surface area contributed by atoms with E-state index in [9.17, 15) is 18.0 Å². The van der Waals surface area contributed by atoms with Crippen LogP contribution in [0.2, 0.25) is 0 Å². The lowest BCUT2D eigenvalue weighted by Gasteiger charge is -2.27. The molecule has 0 atom stereocenters. The van der Waals surface area contributed by atoms with E-state index in [0.717, 1.165) is 0 Å². The van der Waals surface area contributed by atoms with Crippen LogP contribution in [0.5, 0.6) is 0 Å². The zero-order valence-corrected chi connectivity index (χ0v) is 12.3. The molecule has 1 aromatic carbocycles. The number of carbonyl (C=O) groups excluding carboxylic acids is 1. The summed E-state index contributed by atoms with van der Waals surface area (Å²) in [5.74, 6) is -4.15. The number of halogens is 4. The summed E-state index contributed by atoms with van der Waals surface area (Å²) in [5.41, 5.74) is -0.704. The monoisotopic (exact) mass is 337 g/mol. The SMILES string of the molecule is CC(C)N(CCCBr)C(=O)c1c(F)cc(F)cc1F. The third-order valence-electron chi connectivity index (χ3n) is 2.64. The van der Waals surface area contributed by atoms with Crippen LogP contribution in [0, 0.1) is 17.5 Å². The van der Waals surface area contributed by atoms with E-state index in [-0.39, 0.29) is 6.04 Å². The van der Waals surface area contributed by atoms with E-state index in [1.54, 1.807) is 13.8 Å². The molecule has 0 aliphatic heterocycles. The maximum absolute atomic E-state index is 13.6. The Labute approximate surface area is 118 Å².